The Hall–Kier alpha value is -2.61. The number of benzene rings is 1. The van der Waals surface area contributed by atoms with E-state index in [1.54, 1.807) is 30.1 Å². The molecule has 1 aliphatic rings. The summed E-state index contributed by atoms with van der Waals surface area (Å²) in [6.07, 6.45) is 2.99. The number of hydrogen-bond acceptors (Lipinski definition) is 7. The van der Waals surface area contributed by atoms with Crippen molar-refractivity contribution in [3.8, 4) is 0 Å². The van der Waals surface area contributed by atoms with Crippen LogP contribution in [0.5, 0.6) is 0 Å². The minimum atomic E-state index is -0.126. The molecule has 1 fully saturated rings. The quantitative estimate of drug-likeness (QED) is 0.692. The standard InChI is InChI=1S/C17H18ClN5O3/c1-22(9-15-19-10-25-21-15)16(24)11-3-2-6-23(8-11)17-20-13-7-12(18)4-5-14(13)26-17/h4-5,7,10-11H,2-3,6,8-9H2,1H3. The Morgan fingerprint density at radius 2 is 2.35 bits per heavy atom. The van der Waals surface area contributed by atoms with Crippen LogP contribution in [-0.2, 0) is 11.3 Å². The van der Waals surface area contributed by atoms with Crippen LogP contribution in [0.3, 0.4) is 0 Å². The van der Waals surface area contributed by atoms with Crippen molar-refractivity contribution in [1.29, 1.82) is 0 Å². The lowest BCUT2D eigenvalue weighted by molar-refractivity contribution is -0.135. The Balaban J connectivity index is 1.46. The lowest BCUT2D eigenvalue weighted by Crippen LogP contribution is -2.43. The number of fused-ring (bicyclic) bond motifs is 1. The average Bonchev–Trinajstić information content (AvgIpc) is 3.30. The number of piperidine rings is 1. The maximum atomic E-state index is 12.8. The summed E-state index contributed by atoms with van der Waals surface area (Å²) < 4.78 is 10.6. The number of oxazole rings is 1. The summed E-state index contributed by atoms with van der Waals surface area (Å²) in [7, 11) is 1.75. The van der Waals surface area contributed by atoms with Gasteiger partial charge in [-0.15, -0.1) is 0 Å². The topological polar surface area (TPSA) is 88.5 Å². The highest BCUT2D eigenvalue weighted by Gasteiger charge is 2.30. The van der Waals surface area contributed by atoms with Gasteiger partial charge in [-0.3, -0.25) is 4.79 Å². The second kappa shape index (κ2) is 6.95. The van der Waals surface area contributed by atoms with Crippen LogP contribution in [0.15, 0.2) is 33.5 Å². The van der Waals surface area contributed by atoms with Crippen LogP contribution in [-0.4, -0.2) is 46.1 Å². The van der Waals surface area contributed by atoms with E-state index in [1.807, 2.05) is 4.90 Å². The van der Waals surface area contributed by atoms with E-state index >= 15 is 0 Å². The van der Waals surface area contributed by atoms with Gasteiger partial charge in [-0.2, -0.15) is 9.97 Å². The molecule has 0 spiro atoms. The normalized spacial score (nSPS) is 17.6. The second-order valence-electron chi connectivity index (χ2n) is 6.44. The first-order valence-corrected chi connectivity index (χ1v) is 8.79. The predicted octanol–water partition coefficient (Wildman–Crippen LogP) is 2.74. The van der Waals surface area contributed by atoms with Gasteiger partial charge in [0.05, 0.1) is 12.5 Å². The molecule has 0 aliphatic carbocycles. The number of rotatable bonds is 4. The van der Waals surface area contributed by atoms with E-state index in [1.165, 1.54) is 6.39 Å². The molecule has 1 saturated heterocycles. The number of carbonyl (C=O) groups excluding carboxylic acids is 1. The molecule has 26 heavy (non-hydrogen) atoms. The molecule has 0 radical (unpaired) electrons. The molecule has 0 saturated carbocycles. The van der Waals surface area contributed by atoms with Gasteiger partial charge in [0.25, 0.3) is 6.01 Å². The van der Waals surface area contributed by atoms with E-state index in [0.29, 0.717) is 35.5 Å². The largest absolute Gasteiger partial charge is 0.423 e. The molecule has 4 rings (SSSR count). The summed E-state index contributed by atoms with van der Waals surface area (Å²) in [6.45, 7) is 1.70. The zero-order valence-electron chi connectivity index (χ0n) is 14.3. The zero-order chi connectivity index (χ0) is 18.1. The van der Waals surface area contributed by atoms with E-state index in [0.717, 1.165) is 24.9 Å². The number of nitrogens with zero attached hydrogens (tertiary/aromatic N) is 5. The Kier molecular flexibility index (Phi) is 4.50. The second-order valence-corrected chi connectivity index (χ2v) is 6.87. The Bertz CT molecular complexity index is 910. The third-order valence-corrected chi connectivity index (χ3v) is 4.78. The van der Waals surface area contributed by atoms with Gasteiger partial charge < -0.3 is 18.7 Å². The fraction of sp³-hybridized carbons (Fsp3) is 0.412. The van der Waals surface area contributed by atoms with Crippen molar-refractivity contribution in [2.45, 2.75) is 19.4 Å². The van der Waals surface area contributed by atoms with Crippen LogP contribution < -0.4 is 4.90 Å². The van der Waals surface area contributed by atoms with Gasteiger partial charge >= 0.3 is 0 Å². The number of carbonyl (C=O) groups is 1. The van der Waals surface area contributed by atoms with Crippen molar-refractivity contribution in [2.24, 2.45) is 5.92 Å². The van der Waals surface area contributed by atoms with Crippen molar-refractivity contribution in [3.63, 3.8) is 0 Å². The average molecular weight is 376 g/mol. The molecule has 3 heterocycles. The van der Waals surface area contributed by atoms with Crippen molar-refractivity contribution in [2.75, 3.05) is 25.0 Å². The summed E-state index contributed by atoms with van der Waals surface area (Å²) in [6, 6.07) is 5.88. The lowest BCUT2D eigenvalue weighted by Gasteiger charge is -2.32. The number of aromatic nitrogens is 3. The van der Waals surface area contributed by atoms with Gasteiger partial charge in [0.1, 0.15) is 5.52 Å². The molecule has 2 aromatic heterocycles. The van der Waals surface area contributed by atoms with Crippen molar-refractivity contribution >= 4 is 34.6 Å². The molecule has 0 N–H and O–H groups in total. The van der Waals surface area contributed by atoms with Gasteiger partial charge in [-0.1, -0.05) is 16.8 Å². The van der Waals surface area contributed by atoms with Crippen LogP contribution in [0.1, 0.15) is 18.7 Å². The first-order valence-electron chi connectivity index (χ1n) is 8.41. The summed E-state index contributed by atoms with van der Waals surface area (Å²) >= 11 is 6.01. The fourth-order valence-corrected chi connectivity index (χ4v) is 3.41. The highest BCUT2D eigenvalue weighted by molar-refractivity contribution is 6.31. The minimum absolute atomic E-state index is 0.0543. The molecule has 1 unspecified atom stereocenters. The molecule has 8 nitrogen and oxygen atoms in total. The molecule has 136 valence electrons. The van der Waals surface area contributed by atoms with E-state index < -0.39 is 0 Å². The number of halogens is 1. The van der Waals surface area contributed by atoms with E-state index in [4.69, 9.17) is 20.5 Å². The lowest BCUT2D eigenvalue weighted by atomic mass is 9.97. The Morgan fingerprint density at radius 1 is 1.46 bits per heavy atom. The minimum Gasteiger partial charge on any atom is -0.423 e. The van der Waals surface area contributed by atoms with Crippen LogP contribution in [0.2, 0.25) is 5.02 Å². The van der Waals surface area contributed by atoms with Crippen LogP contribution in [0, 0.1) is 5.92 Å². The van der Waals surface area contributed by atoms with E-state index in [2.05, 4.69) is 15.1 Å². The first kappa shape index (κ1) is 16.8. The Labute approximate surface area is 154 Å². The van der Waals surface area contributed by atoms with Gasteiger partial charge in [-0.05, 0) is 31.0 Å². The maximum Gasteiger partial charge on any atom is 0.298 e. The van der Waals surface area contributed by atoms with Gasteiger partial charge in [0.15, 0.2) is 11.4 Å². The smallest absolute Gasteiger partial charge is 0.298 e. The monoisotopic (exact) mass is 375 g/mol. The first-order chi connectivity index (χ1) is 12.6. The van der Waals surface area contributed by atoms with Crippen LogP contribution in [0.4, 0.5) is 6.01 Å². The van der Waals surface area contributed by atoms with Crippen LogP contribution >= 0.6 is 11.6 Å². The SMILES string of the molecule is CN(Cc1ncon1)C(=O)C1CCCN(c2nc3cc(Cl)ccc3o2)C1. The summed E-state index contributed by atoms with van der Waals surface area (Å²) in [4.78, 5) is 24.9. The molecular formula is C17H18ClN5O3. The molecule has 1 aliphatic heterocycles. The zero-order valence-corrected chi connectivity index (χ0v) is 15.0. The number of hydrogen-bond donors (Lipinski definition) is 0. The molecule has 3 aromatic rings. The summed E-state index contributed by atoms with van der Waals surface area (Å²) in [5.41, 5.74) is 1.40. The Morgan fingerprint density at radius 3 is 3.15 bits per heavy atom. The predicted molar refractivity (Wildman–Crippen MR) is 94.7 cm³/mol. The molecule has 9 heteroatoms. The van der Waals surface area contributed by atoms with E-state index in [-0.39, 0.29) is 11.8 Å². The number of anilines is 1. The van der Waals surface area contributed by atoms with Gasteiger partial charge in [0, 0.05) is 25.2 Å². The van der Waals surface area contributed by atoms with Gasteiger partial charge in [-0.25, -0.2) is 0 Å². The molecule has 0 bridgehead atoms. The fourth-order valence-electron chi connectivity index (χ4n) is 3.24. The molecule has 1 atom stereocenters. The van der Waals surface area contributed by atoms with Crippen LogP contribution in [0.25, 0.3) is 11.1 Å². The number of amides is 1. The highest BCUT2D eigenvalue weighted by atomic mass is 35.5. The molecule has 1 aromatic carbocycles. The van der Waals surface area contributed by atoms with Crippen molar-refractivity contribution < 1.29 is 13.7 Å². The third kappa shape index (κ3) is 3.37. The van der Waals surface area contributed by atoms with E-state index in [9.17, 15) is 4.79 Å². The van der Waals surface area contributed by atoms with Crippen molar-refractivity contribution in [3.05, 3.63) is 35.4 Å². The van der Waals surface area contributed by atoms with Crippen molar-refractivity contribution in [1.82, 2.24) is 20.0 Å². The molecule has 1 amide bonds. The summed E-state index contributed by atoms with van der Waals surface area (Å²) in [5.74, 6) is 0.419. The van der Waals surface area contributed by atoms with Gasteiger partial charge in [0.2, 0.25) is 12.3 Å². The summed E-state index contributed by atoms with van der Waals surface area (Å²) in [5, 5.41) is 4.37. The third-order valence-electron chi connectivity index (χ3n) is 4.54. The highest BCUT2D eigenvalue weighted by Crippen LogP contribution is 2.28. The maximum absolute atomic E-state index is 12.8. The molecular weight excluding hydrogens is 358 g/mol.